The van der Waals surface area contributed by atoms with Crippen molar-refractivity contribution in [1.82, 2.24) is 0 Å². The fourth-order valence-electron chi connectivity index (χ4n) is 7.36. The summed E-state index contributed by atoms with van der Waals surface area (Å²) in [6.45, 7) is 0. The normalized spacial score (nSPS) is 24.6. The molecule has 1 fully saturated rings. The summed E-state index contributed by atoms with van der Waals surface area (Å²) < 4.78 is 5.88. The SMILES string of the molecule is N#Cc1c(N2C(=O)[C@@H]3[C@@H]4C(=O)Oc5ccc6ccccc6c5C4=C[C@@H](c4ccccc4)[C@H]3C2=O)sc2c1CCCC2. The van der Waals surface area contributed by atoms with E-state index in [1.807, 2.05) is 66.7 Å². The molecule has 8 rings (SSSR count). The fourth-order valence-corrected chi connectivity index (χ4v) is 8.71. The topological polar surface area (TPSA) is 87.5 Å². The Hall–Kier alpha value is -4.54. The molecule has 3 heterocycles. The molecule has 4 atom stereocenters. The van der Waals surface area contributed by atoms with Crippen LogP contribution in [-0.4, -0.2) is 17.8 Å². The van der Waals surface area contributed by atoms with Gasteiger partial charge in [-0.1, -0.05) is 66.7 Å². The maximum absolute atomic E-state index is 14.5. The van der Waals surface area contributed by atoms with Crippen molar-refractivity contribution in [3.8, 4) is 11.8 Å². The number of allylic oxidation sites excluding steroid dienone is 1. The second-order valence-electron chi connectivity index (χ2n) is 11.2. The van der Waals surface area contributed by atoms with E-state index in [4.69, 9.17) is 4.74 Å². The van der Waals surface area contributed by atoms with Gasteiger partial charge in [-0.25, -0.2) is 4.90 Å². The minimum atomic E-state index is -0.932. The molecule has 1 saturated heterocycles. The van der Waals surface area contributed by atoms with E-state index in [0.717, 1.165) is 63.6 Å². The molecule has 2 aliphatic carbocycles. The first-order chi connectivity index (χ1) is 20.1. The number of nitriles is 1. The Morgan fingerprint density at radius 1 is 0.878 bits per heavy atom. The van der Waals surface area contributed by atoms with E-state index in [9.17, 15) is 19.6 Å². The number of hydrogen-bond donors (Lipinski definition) is 0. The molecule has 2 aliphatic heterocycles. The van der Waals surface area contributed by atoms with Crippen LogP contribution in [0.15, 0.2) is 72.8 Å². The summed E-state index contributed by atoms with van der Waals surface area (Å²) in [5.74, 6) is -3.89. The summed E-state index contributed by atoms with van der Waals surface area (Å²) >= 11 is 1.38. The second kappa shape index (κ2) is 8.98. The van der Waals surface area contributed by atoms with Gasteiger partial charge in [0.15, 0.2) is 0 Å². The summed E-state index contributed by atoms with van der Waals surface area (Å²) in [6, 6.07) is 23.7. The first-order valence-corrected chi connectivity index (χ1v) is 14.8. The molecule has 6 nitrogen and oxygen atoms in total. The summed E-state index contributed by atoms with van der Waals surface area (Å²) in [7, 11) is 0. The van der Waals surface area contributed by atoms with Gasteiger partial charge in [0.2, 0.25) is 11.8 Å². The summed E-state index contributed by atoms with van der Waals surface area (Å²) in [6.07, 6.45) is 5.64. The molecule has 2 amide bonds. The molecular weight excluding hydrogens is 532 g/mol. The molecule has 0 N–H and O–H groups in total. The minimum absolute atomic E-state index is 0.351. The average Bonchev–Trinajstić information content (AvgIpc) is 3.50. The zero-order chi connectivity index (χ0) is 27.8. The molecule has 0 radical (unpaired) electrons. The molecule has 1 aromatic heterocycles. The molecule has 3 aromatic carbocycles. The zero-order valence-electron chi connectivity index (χ0n) is 22.0. The van der Waals surface area contributed by atoms with Crippen LogP contribution in [0.1, 0.15) is 45.9 Å². The number of aryl methyl sites for hydroxylation is 1. The van der Waals surface area contributed by atoms with Gasteiger partial charge in [-0.05, 0) is 59.2 Å². The molecule has 41 heavy (non-hydrogen) atoms. The van der Waals surface area contributed by atoms with Crippen molar-refractivity contribution in [1.29, 1.82) is 5.26 Å². The van der Waals surface area contributed by atoms with E-state index < -0.39 is 35.5 Å². The Bertz CT molecular complexity index is 1880. The Kier molecular flexibility index (Phi) is 5.32. The fraction of sp³-hybridized carbons (Fsp3) is 0.235. The van der Waals surface area contributed by atoms with Crippen molar-refractivity contribution in [2.24, 2.45) is 17.8 Å². The molecule has 0 saturated carbocycles. The Labute approximate surface area is 240 Å². The monoisotopic (exact) mass is 556 g/mol. The van der Waals surface area contributed by atoms with Crippen LogP contribution >= 0.6 is 11.3 Å². The van der Waals surface area contributed by atoms with Crippen molar-refractivity contribution in [2.75, 3.05) is 4.90 Å². The molecule has 0 unspecified atom stereocenters. The van der Waals surface area contributed by atoms with Crippen LogP contribution in [0.3, 0.4) is 0 Å². The number of fused-ring (bicyclic) bond motifs is 8. The number of anilines is 1. The smallest absolute Gasteiger partial charge is 0.319 e. The van der Waals surface area contributed by atoms with E-state index in [1.165, 1.54) is 16.2 Å². The van der Waals surface area contributed by atoms with Crippen molar-refractivity contribution < 1.29 is 19.1 Å². The number of imide groups is 1. The largest absolute Gasteiger partial charge is 0.425 e. The summed E-state index contributed by atoms with van der Waals surface area (Å²) in [5.41, 5.74) is 3.83. The Morgan fingerprint density at radius 2 is 1.63 bits per heavy atom. The van der Waals surface area contributed by atoms with Crippen LogP contribution in [0.4, 0.5) is 5.00 Å². The summed E-state index contributed by atoms with van der Waals surface area (Å²) in [4.78, 5) is 44.8. The third kappa shape index (κ3) is 3.37. The molecule has 0 spiro atoms. The quantitative estimate of drug-likeness (QED) is 0.167. The van der Waals surface area contributed by atoms with Crippen molar-refractivity contribution in [3.05, 3.63) is 99.9 Å². The van der Waals surface area contributed by atoms with Gasteiger partial charge in [0, 0.05) is 16.4 Å². The molecule has 4 aromatic rings. The van der Waals surface area contributed by atoms with Crippen molar-refractivity contribution >= 4 is 50.5 Å². The highest BCUT2D eigenvalue weighted by Crippen LogP contribution is 2.56. The predicted octanol–water partition coefficient (Wildman–Crippen LogP) is 6.17. The maximum atomic E-state index is 14.5. The molecule has 200 valence electrons. The third-order valence-electron chi connectivity index (χ3n) is 9.13. The van der Waals surface area contributed by atoms with Gasteiger partial charge in [-0.2, -0.15) is 5.26 Å². The van der Waals surface area contributed by atoms with Gasteiger partial charge >= 0.3 is 5.97 Å². The molecular formula is C34H24N2O4S. The Balaban J connectivity index is 1.35. The summed E-state index contributed by atoms with van der Waals surface area (Å²) in [5, 5.41) is 12.5. The van der Waals surface area contributed by atoms with Gasteiger partial charge < -0.3 is 4.74 Å². The van der Waals surface area contributed by atoms with Gasteiger partial charge in [-0.15, -0.1) is 11.3 Å². The lowest BCUT2D eigenvalue weighted by Crippen LogP contribution is -2.42. The van der Waals surface area contributed by atoms with Crippen molar-refractivity contribution in [3.63, 3.8) is 0 Å². The Morgan fingerprint density at radius 3 is 2.46 bits per heavy atom. The number of thiophene rings is 1. The lowest BCUT2D eigenvalue weighted by atomic mass is 9.64. The van der Waals surface area contributed by atoms with Crippen LogP contribution in [-0.2, 0) is 27.2 Å². The van der Waals surface area contributed by atoms with Gasteiger partial charge in [-0.3, -0.25) is 14.4 Å². The number of esters is 1. The average molecular weight is 557 g/mol. The number of carbonyl (C=O) groups is 3. The van der Waals surface area contributed by atoms with Crippen LogP contribution in [0.25, 0.3) is 16.3 Å². The number of benzene rings is 3. The molecule has 0 bridgehead atoms. The molecule has 7 heteroatoms. The lowest BCUT2D eigenvalue weighted by Gasteiger charge is -2.38. The number of carbonyl (C=O) groups excluding carboxylic acids is 3. The second-order valence-corrected chi connectivity index (χ2v) is 12.3. The van der Waals surface area contributed by atoms with E-state index in [2.05, 4.69) is 6.07 Å². The number of hydrogen-bond acceptors (Lipinski definition) is 6. The van der Waals surface area contributed by atoms with Crippen LogP contribution in [0.2, 0.25) is 0 Å². The van der Waals surface area contributed by atoms with E-state index >= 15 is 0 Å². The van der Waals surface area contributed by atoms with E-state index in [1.54, 1.807) is 6.07 Å². The number of nitrogens with zero attached hydrogens (tertiary/aromatic N) is 2. The van der Waals surface area contributed by atoms with Crippen LogP contribution in [0.5, 0.6) is 5.75 Å². The van der Waals surface area contributed by atoms with E-state index in [0.29, 0.717) is 16.3 Å². The number of ether oxygens (including phenoxy) is 1. The highest BCUT2D eigenvalue weighted by molar-refractivity contribution is 7.17. The first kappa shape index (κ1) is 24.3. The molecule has 4 aliphatic rings. The van der Waals surface area contributed by atoms with Gasteiger partial charge in [0.1, 0.15) is 16.8 Å². The lowest BCUT2D eigenvalue weighted by molar-refractivity contribution is -0.142. The third-order valence-corrected chi connectivity index (χ3v) is 10.4. The first-order valence-electron chi connectivity index (χ1n) is 14.0. The number of amides is 2. The standard InChI is InChI=1S/C34H24N2O4S/c35-17-24-21-12-6-7-13-26(21)41-33(24)36-31(37)28-22(18-8-2-1-3-9-18)16-23-27-20-11-5-4-10-19(20)14-15-25(27)40-34(39)29(23)30(28)32(36)38/h1-5,8-11,14-16,22,28-30H,6-7,12-13H2/t22-,28+,29+,30-/m0/s1. The minimum Gasteiger partial charge on any atom is -0.425 e. The van der Waals surface area contributed by atoms with Gasteiger partial charge in [0.05, 0.1) is 23.3 Å². The maximum Gasteiger partial charge on any atom is 0.319 e. The van der Waals surface area contributed by atoms with Crippen LogP contribution < -0.4 is 9.64 Å². The van der Waals surface area contributed by atoms with Crippen LogP contribution in [0, 0.1) is 29.1 Å². The highest BCUT2D eigenvalue weighted by Gasteiger charge is 2.61. The number of rotatable bonds is 2. The van der Waals surface area contributed by atoms with Gasteiger partial charge in [0.25, 0.3) is 0 Å². The highest BCUT2D eigenvalue weighted by atomic mass is 32.1. The van der Waals surface area contributed by atoms with Crippen molar-refractivity contribution in [2.45, 2.75) is 31.6 Å². The van der Waals surface area contributed by atoms with E-state index in [-0.39, 0.29) is 5.91 Å². The zero-order valence-corrected chi connectivity index (χ0v) is 22.8. The predicted molar refractivity (Wildman–Crippen MR) is 155 cm³/mol.